The number of hydrogen-bond donors (Lipinski definition) is 0. The lowest BCUT2D eigenvalue weighted by Crippen LogP contribution is -2.48. The standard InChI is InChI=1S/C24H28N4O5S/c1-32-22-8-4-3-7-20(22)26-13-15-28(16-14-26)34(30,31)18-9-10-21-19(17-18)23(25-33-21)24(29)27-11-5-2-6-12-27/h3-4,7-10,17H,2,5-6,11-16H2,1H3. The van der Waals surface area contributed by atoms with Gasteiger partial charge in [-0.05, 0) is 49.6 Å². The third kappa shape index (κ3) is 4.12. The van der Waals surface area contributed by atoms with Crippen molar-refractivity contribution in [2.75, 3.05) is 51.3 Å². The highest BCUT2D eigenvalue weighted by Crippen LogP contribution is 2.30. The third-order valence-corrected chi connectivity index (χ3v) is 8.48. The maximum Gasteiger partial charge on any atom is 0.276 e. The Hall–Kier alpha value is -3.11. The summed E-state index contributed by atoms with van der Waals surface area (Å²) in [6.45, 7) is 3.16. The predicted molar refractivity (Wildman–Crippen MR) is 128 cm³/mol. The van der Waals surface area contributed by atoms with Crippen LogP contribution in [0.15, 0.2) is 51.9 Å². The normalized spacial score (nSPS) is 17.8. The van der Waals surface area contributed by atoms with Crippen molar-refractivity contribution in [2.45, 2.75) is 24.2 Å². The Balaban J connectivity index is 1.36. The highest BCUT2D eigenvalue weighted by atomic mass is 32.2. The average molecular weight is 485 g/mol. The van der Waals surface area contributed by atoms with E-state index in [0.717, 1.165) is 30.7 Å². The van der Waals surface area contributed by atoms with Gasteiger partial charge in [-0.3, -0.25) is 4.79 Å². The quantitative estimate of drug-likeness (QED) is 0.549. The topological polar surface area (TPSA) is 96.2 Å². The fraction of sp³-hybridized carbons (Fsp3) is 0.417. The van der Waals surface area contributed by atoms with E-state index in [1.807, 2.05) is 24.3 Å². The molecule has 2 fully saturated rings. The van der Waals surface area contributed by atoms with Crippen LogP contribution in [-0.4, -0.2) is 75.1 Å². The SMILES string of the molecule is COc1ccccc1N1CCN(S(=O)(=O)c2ccc3onc(C(=O)N4CCCCC4)c3c2)CC1. The van der Waals surface area contributed by atoms with Gasteiger partial charge in [0.15, 0.2) is 11.3 Å². The molecule has 3 aromatic rings. The molecule has 2 aromatic carbocycles. The Morgan fingerprint density at radius 1 is 0.971 bits per heavy atom. The molecule has 9 nitrogen and oxygen atoms in total. The van der Waals surface area contributed by atoms with Crippen LogP contribution in [0.3, 0.4) is 0 Å². The molecule has 0 radical (unpaired) electrons. The molecule has 5 rings (SSSR count). The van der Waals surface area contributed by atoms with Gasteiger partial charge in [0.1, 0.15) is 5.75 Å². The lowest BCUT2D eigenvalue weighted by atomic mass is 10.1. The van der Waals surface area contributed by atoms with Crippen LogP contribution in [-0.2, 0) is 10.0 Å². The van der Waals surface area contributed by atoms with Crippen LogP contribution >= 0.6 is 0 Å². The number of piperidine rings is 1. The number of para-hydroxylation sites is 2. The van der Waals surface area contributed by atoms with E-state index in [-0.39, 0.29) is 16.5 Å². The van der Waals surface area contributed by atoms with Crippen LogP contribution in [0.1, 0.15) is 29.8 Å². The fourth-order valence-corrected chi connectivity index (χ4v) is 6.14. The summed E-state index contributed by atoms with van der Waals surface area (Å²) in [4.78, 5) is 17.0. The molecule has 34 heavy (non-hydrogen) atoms. The number of rotatable bonds is 5. The van der Waals surface area contributed by atoms with Gasteiger partial charge in [0.25, 0.3) is 5.91 Å². The van der Waals surface area contributed by atoms with Gasteiger partial charge in [-0.15, -0.1) is 0 Å². The first kappa shape index (κ1) is 22.7. The molecule has 1 amide bonds. The van der Waals surface area contributed by atoms with E-state index in [1.165, 1.54) is 16.4 Å². The summed E-state index contributed by atoms with van der Waals surface area (Å²) in [5, 5.41) is 4.41. The maximum absolute atomic E-state index is 13.4. The zero-order valence-electron chi connectivity index (χ0n) is 19.1. The van der Waals surface area contributed by atoms with E-state index in [2.05, 4.69) is 10.1 Å². The number of fused-ring (bicyclic) bond motifs is 1. The van der Waals surface area contributed by atoms with Gasteiger partial charge in [-0.2, -0.15) is 4.31 Å². The van der Waals surface area contributed by atoms with Crippen molar-refractivity contribution >= 4 is 32.6 Å². The number of benzene rings is 2. The second kappa shape index (κ2) is 9.27. The first-order valence-electron chi connectivity index (χ1n) is 11.6. The van der Waals surface area contributed by atoms with Gasteiger partial charge < -0.3 is 19.1 Å². The molecule has 0 spiro atoms. The van der Waals surface area contributed by atoms with Crippen LogP contribution in [0.4, 0.5) is 5.69 Å². The van der Waals surface area contributed by atoms with Gasteiger partial charge in [0.2, 0.25) is 10.0 Å². The van der Waals surface area contributed by atoms with E-state index >= 15 is 0 Å². The van der Waals surface area contributed by atoms with Crippen molar-refractivity contribution in [3.63, 3.8) is 0 Å². The van der Waals surface area contributed by atoms with Gasteiger partial charge in [-0.1, -0.05) is 17.3 Å². The molecule has 2 aliphatic rings. The van der Waals surface area contributed by atoms with Crippen molar-refractivity contribution in [2.24, 2.45) is 0 Å². The van der Waals surface area contributed by atoms with Gasteiger partial charge in [-0.25, -0.2) is 8.42 Å². The lowest BCUT2D eigenvalue weighted by molar-refractivity contribution is 0.0715. The molecule has 0 atom stereocenters. The molecular formula is C24H28N4O5S. The molecule has 10 heteroatoms. The molecule has 0 aliphatic carbocycles. The van der Waals surface area contributed by atoms with Gasteiger partial charge >= 0.3 is 0 Å². The molecular weight excluding hydrogens is 456 g/mol. The number of aromatic nitrogens is 1. The minimum Gasteiger partial charge on any atom is -0.495 e. The maximum atomic E-state index is 13.4. The number of methoxy groups -OCH3 is 1. The number of piperazine rings is 1. The first-order chi connectivity index (χ1) is 16.5. The smallest absolute Gasteiger partial charge is 0.276 e. The summed E-state index contributed by atoms with van der Waals surface area (Å²) >= 11 is 0. The second-order valence-electron chi connectivity index (χ2n) is 8.60. The molecule has 0 saturated carbocycles. The highest BCUT2D eigenvalue weighted by molar-refractivity contribution is 7.89. The van der Waals surface area contributed by atoms with E-state index in [1.54, 1.807) is 18.1 Å². The Labute approximate surface area is 198 Å². The molecule has 0 N–H and O–H groups in total. The second-order valence-corrected chi connectivity index (χ2v) is 10.5. The van der Waals surface area contributed by atoms with Crippen LogP contribution in [0.5, 0.6) is 5.75 Å². The number of likely N-dealkylation sites (tertiary alicyclic amines) is 1. The Morgan fingerprint density at radius 3 is 2.44 bits per heavy atom. The number of anilines is 1. The Bertz CT molecular complexity index is 1290. The summed E-state index contributed by atoms with van der Waals surface area (Å²) in [6.07, 6.45) is 3.03. The van der Waals surface area contributed by atoms with Crippen LogP contribution < -0.4 is 9.64 Å². The monoisotopic (exact) mass is 484 g/mol. The number of ether oxygens (including phenoxy) is 1. The number of sulfonamides is 1. The average Bonchev–Trinajstić information content (AvgIpc) is 3.32. The van der Waals surface area contributed by atoms with Crippen molar-refractivity contribution < 1.29 is 22.5 Å². The summed E-state index contributed by atoms with van der Waals surface area (Å²) in [7, 11) is -2.11. The van der Waals surface area contributed by atoms with Crippen LogP contribution in [0.25, 0.3) is 11.0 Å². The van der Waals surface area contributed by atoms with Crippen molar-refractivity contribution in [1.29, 1.82) is 0 Å². The van der Waals surface area contributed by atoms with Crippen molar-refractivity contribution in [3.8, 4) is 5.75 Å². The van der Waals surface area contributed by atoms with Crippen molar-refractivity contribution in [1.82, 2.24) is 14.4 Å². The fourth-order valence-electron chi connectivity index (χ4n) is 4.69. The lowest BCUT2D eigenvalue weighted by Gasteiger charge is -2.35. The van der Waals surface area contributed by atoms with Crippen LogP contribution in [0.2, 0.25) is 0 Å². The molecule has 1 aromatic heterocycles. The zero-order valence-corrected chi connectivity index (χ0v) is 20.0. The summed E-state index contributed by atoms with van der Waals surface area (Å²) < 4.78 is 39.1. The van der Waals surface area contributed by atoms with Gasteiger partial charge in [0.05, 0.1) is 23.1 Å². The third-order valence-electron chi connectivity index (χ3n) is 6.59. The van der Waals surface area contributed by atoms with E-state index < -0.39 is 10.0 Å². The first-order valence-corrected chi connectivity index (χ1v) is 13.0. The number of amides is 1. The number of carbonyl (C=O) groups excluding carboxylic acids is 1. The number of nitrogens with zero attached hydrogens (tertiary/aromatic N) is 4. The van der Waals surface area contributed by atoms with E-state index in [9.17, 15) is 13.2 Å². The minimum atomic E-state index is -3.74. The Kier molecular flexibility index (Phi) is 6.18. The van der Waals surface area contributed by atoms with Crippen molar-refractivity contribution in [3.05, 3.63) is 48.2 Å². The zero-order chi connectivity index (χ0) is 23.7. The predicted octanol–water partition coefficient (Wildman–Crippen LogP) is 2.97. The molecule has 2 saturated heterocycles. The van der Waals surface area contributed by atoms with Crippen LogP contribution in [0, 0.1) is 0 Å². The minimum absolute atomic E-state index is 0.140. The van der Waals surface area contributed by atoms with Gasteiger partial charge in [0, 0.05) is 39.3 Å². The number of hydrogen-bond acceptors (Lipinski definition) is 7. The van der Waals surface area contributed by atoms with E-state index in [0.29, 0.717) is 50.2 Å². The van der Waals surface area contributed by atoms with E-state index in [4.69, 9.17) is 9.26 Å². The molecule has 0 unspecified atom stereocenters. The summed E-state index contributed by atoms with van der Waals surface area (Å²) in [5.74, 6) is 0.557. The Morgan fingerprint density at radius 2 is 1.71 bits per heavy atom. The molecule has 180 valence electrons. The molecule has 0 bridgehead atoms. The summed E-state index contributed by atoms with van der Waals surface area (Å²) in [6, 6.07) is 12.3. The number of carbonyl (C=O) groups is 1. The largest absolute Gasteiger partial charge is 0.495 e. The molecule has 3 heterocycles. The molecule has 2 aliphatic heterocycles. The summed E-state index contributed by atoms with van der Waals surface area (Å²) in [5.41, 5.74) is 1.53. The highest BCUT2D eigenvalue weighted by Gasteiger charge is 2.31.